The van der Waals surface area contributed by atoms with Gasteiger partial charge in [-0.15, -0.1) is 11.3 Å². The quantitative estimate of drug-likeness (QED) is 0.869. The van der Waals surface area contributed by atoms with E-state index in [9.17, 15) is 0 Å². The molecule has 0 aliphatic carbocycles. The smallest absolute Gasteiger partial charge is 0.137 e. The molecule has 0 aromatic carbocycles. The van der Waals surface area contributed by atoms with Crippen molar-refractivity contribution in [1.82, 2.24) is 15.0 Å². The van der Waals surface area contributed by atoms with Gasteiger partial charge in [0.1, 0.15) is 22.3 Å². The molecular formula is C11H13ClN4S. The number of hydrogen-bond acceptors (Lipinski definition) is 5. The lowest BCUT2D eigenvalue weighted by molar-refractivity contribution is 0.600. The monoisotopic (exact) mass is 268 g/mol. The first-order chi connectivity index (χ1) is 8.00. The summed E-state index contributed by atoms with van der Waals surface area (Å²) >= 11 is 7.57. The highest BCUT2D eigenvalue weighted by Crippen LogP contribution is 2.28. The fourth-order valence-corrected chi connectivity index (χ4v) is 2.29. The van der Waals surface area contributed by atoms with E-state index in [1.807, 2.05) is 12.3 Å². The average molecular weight is 269 g/mol. The topological polar surface area (TPSA) is 50.7 Å². The van der Waals surface area contributed by atoms with Crippen molar-refractivity contribution in [2.24, 2.45) is 0 Å². The number of rotatable bonds is 3. The first-order valence-corrected chi connectivity index (χ1v) is 6.42. The molecule has 0 amide bonds. The summed E-state index contributed by atoms with van der Waals surface area (Å²) in [5, 5.41) is 6.78. The number of anilines is 1. The van der Waals surface area contributed by atoms with Crippen LogP contribution < -0.4 is 5.32 Å². The van der Waals surface area contributed by atoms with Crippen LogP contribution in [0.15, 0.2) is 17.9 Å². The van der Waals surface area contributed by atoms with Gasteiger partial charge in [-0.3, -0.25) is 0 Å². The van der Waals surface area contributed by atoms with Crippen LogP contribution in [0.4, 0.5) is 5.82 Å². The minimum absolute atomic E-state index is 0.281. The molecule has 2 rings (SSSR count). The summed E-state index contributed by atoms with van der Waals surface area (Å²) in [7, 11) is 0. The zero-order chi connectivity index (χ0) is 12.5. The lowest BCUT2D eigenvalue weighted by atomic mass is 10.1. The second kappa shape index (κ2) is 4.58. The van der Waals surface area contributed by atoms with Crippen LogP contribution in [0.3, 0.4) is 0 Å². The van der Waals surface area contributed by atoms with Gasteiger partial charge in [0.15, 0.2) is 0 Å². The van der Waals surface area contributed by atoms with Crippen molar-refractivity contribution in [2.45, 2.75) is 26.3 Å². The van der Waals surface area contributed by atoms with E-state index in [4.69, 9.17) is 11.6 Å². The summed E-state index contributed by atoms with van der Waals surface area (Å²) in [6, 6.07) is 0. The van der Waals surface area contributed by atoms with E-state index in [2.05, 4.69) is 34.1 Å². The molecule has 90 valence electrons. The van der Waals surface area contributed by atoms with Gasteiger partial charge in [0, 0.05) is 17.1 Å². The standard InChI is InChI=1S/C11H13ClN4S/c1-7-8(12)14-6-15-9(7)16-11(2,3)10-13-4-5-17-10/h4-6H,1-3H3,(H,14,15,16). The Kier molecular flexibility index (Phi) is 3.31. The molecule has 0 atom stereocenters. The molecule has 0 saturated heterocycles. The summed E-state index contributed by atoms with van der Waals surface area (Å²) in [6.45, 7) is 6.01. The van der Waals surface area contributed by atoms with Crippen molar-refractivity contribution >= 4 is 28.8 Å². The molecule has 0 aliphatic rings. The van der Waals surface area contributed by atoms with Crippen molar-refractivity contribution in [1.29, 1.82) is 0 Å². The van der Waals surface area contributed by atoms with Gasteiger partial charge in [-0.05, 0) is 20.8 Å². The molecule has 0 bridgehead atoms. The summed E-state index contributed by atoms with van der Waals surface area (Å²) in [5.74, 6) is 0.741. The fraction of sp³-hybridized carbons (Fsp3) is 0.364. The maximum atomic E-state index is 5.96. The zero-order valence-electron chi connectivity index (χ0n) is 9.86. The van der Waals surface area contributed by atoms with Gasteiger partial charge in [0.05, 0.1) is 5.54 Å². The number of thiazole rings is 1. The maximum Gasteiger partial charge on any atom is 0.137 e. The molecule has 0 aliphatic heterocycles. The Labute approximate surface area is 109 Å². The van der Waals surface area contributed by atoms with Crippen LogP contribution in [0.1, 0.15) is 24.4 Å². The Morgan fingerprint density at radius 3 is 2.71 bits per heavy atom. The highest BCUT2D eigenvalue weighted by Gasteiger charge is 2.24. The van der Waals surface area contributed by atoms with E-state index >= 15 is 0 Å². The van der Waals surface area contributed by atoms with E-state index in [0.29, 0.717) is 5.15 Å². The molecule has 0 saturated carbocycles. The highest BCUT2D eigenvalue weighted by molar-refractivity contribution is 7.09. The molecular weight excluding hydrogens is 256 g/mol. The Hall–Kier alpha value is -1.20. The summed E-state index contributed by atoms with van der Waals surface area (Å²) < 4.78 is 0. The van der Waals surface area contributed by atoms with Crippen molar-refractivity contribution < 1.29 is 0 Å². The van der Waals surface area contributed by atoms with Gasteiger partial charge in [-0.25, -0.2) is 15.0 Å². The van der Waals surface area contributed by atoms with Gasteiger partial charge in [0.2, 0.25) is 0 Å². The number of nitrogens with one attached hydrogen (secondary N) is 1. The SMILES string of the molecule is Cc1c(Cl)ncnc1NC(C)(C)c1nccs1. The third kappa shape index (κ3) is 2.56. The first kappa shape index (κ1) is 12.3. The van der Waals surface area contributed by atoms with Crippen LogP contribution in [0.25, 0.3) is 0 Å². The Bertz CT molecular complexity index is 510. The van der Waals surface area contributed by atoms with E-state index in [1.165, 1.54) is 6.33 Å². The maximum absolute atomic E-state index is 5.96. The van der Waals surface area contributed by atoms with Gasteiger partial charge >= 0.3 is 0 Å². The molecule has 0 unspecified atom stereocenters. The van der Waals surface area contributed by atoms with Gasteiger partial charge in [-0.1, -0.05) is 11.6 Å². The number of hydrogen-bond donors (Lipinski definition) is 1. The number of aromatic nitrogens is 3. The third-order valence-corrected chi connectivity index (χ3v) is 3.90. The van der Waals surface area contributed by atoms with Crippen molar-refractivity contribution in [3.05, 3.63) is 33.6 Å². The average Bonchev–Trinajstić information content (AvgIpc) is 2.78. The van der Waals surface area contributed by atoms with Crippen molar-refractivity contribution in [3.8, 4) is 0 Å². The minimum Gasteiger partial charge on any atom is -0.358 e. The van der Waals surface area contributed by atoms with Crippen LogP contribution in [-0.2, 0) is 5.54 Å². The number of nitrogens with zero attached hydrogens (tertiary/aromatic N) is 3. The lowest BCUT2D eigenvalue weighted by Gasteiger charge is -2.25. The van der Waals surface area contributed by atoms with E-state index < -0.39 is 0 Å². The normalized spacial score (nSPS) is 11.5. The molecule has 6 heteroatoms. The lowest BCUT2D eigenvalue weighted by Crippen LogP contribution is -2.28. The van der Waals surface area contributed by atoms with Crippen LogP contribution in [0.5, 0.6) is 0 Å². The Morgan fingerprint density at radius 1 is 1.29 bits per heavy atom. The van der Waals surface area contributed by atoms with Crippen LogP contribution in [-0.4, -0.2) is 15.0 Å². The van der Waals surface area contributed by atoms with Crippen LogP contribution in [0, 0.1) is 6.92 Å². The zero-order valence-corrected chi connectivity index (χ0v) is 11.4. The van der Waals surface area contributed by atoms with Crippen LogP contribution in [0.2, 0.25) is 5.15 Å². The van der Waals surface area contributed by atoms with Gasteiger partial charge in [0.25, 0.3) is 0 Å². The molecule has 4 nitrogen and oxygen atoms in total. The molecule has 2 heterocycles. The first-order valence-electron chi connectivity index (χ1n) is 5.16. The van der Waals surface area contributed by atoms with Gasteiger partial charge in [-0.2, -0.15) is 0 Å². The van der Waals surface area contributed by atoms with E-state index in [0.717, 1.165) is 16.4 Å². The molecule has 2 aromatic rings. The summed E-state index contributed by atoms with van der Waals surface area (Å²) in [5.41, 5.74) is 0.565. The second-order valence-electron chi connectivity index (χ2n) is 4.23. The van der Waals surface area contributed by atoms with Gasteiger partial charge < -0.3 is 5.32 Å². The molecule has 0 fully saturated rings. The van der Waals surface area contributed by atoms with Crippen LogP contribution >= 0.6 is 22.9 Å². The Morgan fingerprint density at radius 2 is 2.06 bits per heavy atom. The predicted octanol–water partition coefficient (Wildman–Crippen LogP) is 3.24. The second-order valence-corrected chi connectivity index (χ2v) is 5.48. The molecule has 1 N–H and O–H groups in total. The minimum atomic E-state index is -0.281. The van der Waals surface area contributed by atoms with Crippen molar-refractivity contribution in [3.63, 3.8) is 0 Å². The summed E-state index contributed by atoms with van der Waals surface area (Å²) in [6.07, 6.45) is 3.25. The molecule has 0 radical (unpaired) electrons. The summed E-state index contributed by atoms with van der Waals surface area (Å²) in [4.78, 5) is 12.5. The van der Waals surface area contributed by atoms with E-state index in [-0.39, 0.29) is 5.54 Å². The molecule has 0 spiro atoms. The molecule has 2 aromatic heterocycles. The fourth-order valence-electron chi connectivity index (χ4n) is 1.44. The number of halogens is 1. The van der Waals surface area contributed by atoms with E-state index in [1.54, 1.807) is 17.5 Å². The highest BCUT2D eigenvalue weighted by atomic mass is 35.5. The molecule has 17 heavy (non-hydrogen) atoms. The largest absolute Gasteiger partial charge is 0.358 e. The predicted molar refractivity (Wildman–Crippen MR) is 70.5 cm³/mol. The third-order valence-electron chi connectivity index (χ3n) is 2.42. The van der Waals surface area contributed by atoms with Crippen molar-refractivity contribution in [2.75, 3.05) is 5.32 Å². The Balaban J connectivity index is 2.29.